The summed E-state index contributed by atoms with van der Waals surface area (Å²) in [6.07, 6.45) is 0. The van der Waals surface area contributed by atoms with Gasteiger partial charge < -0.3 is 9.67 Å². The molecule has 0 amide bonds. The number of aromatic carboxylic acids is 1. The van der Waals surface area contributed by atoms with Crippen molar-refractivity contribution < 1.29 is 9.90 Å². The Hall–Kier alpha value is -2.03. The fourth-order valence-corrected chi connectivity index (χ4v) is 2.37. The standard InChI is InChI=1S/C15H17NO2/c1-10-7-8-11(2)16(10)12(3)13-5-4-6-14(9-13)15(17)18/h4-9,12H,1-3H3,(H,17,18)/t12-/m1/s1. The van der Waals surface area contributed by atoms with Gasteiger partial charge in [-0.1, -0.05) is 12.1 Å². The topological polar surface area (TPSA) is 42.2 Å². The van der Waals surface area contributed by atoms with Gasteiger partial charge in [-0.2, -0.15) is 0 Å². The van der Waals surface area contributed by atoms with E-state index in [1.807, 2.05) is 6.07 Å². The molecule has 0 unspecified atom stereocenters. The van der Waals surface area contributed by atoms with Crippen LogP contribution in [0.2, 0.25) is 0 Å². The number of carbonyl (C=O) groups is 1. The van der Waals surface area contributed by atoms with Crippen LogP contribution in [0.1, 0.15) is 40.3 Å². The lowest BCUT2D eigenvalue weighted by Gasteiger charge is -2.19. The Kier molecular flexibility index (Phi) is 3.24. The lowest BCUT2D eigenvalue weighted by molar-refractivity contribution is 0.0696. The molecule has 0 radical (unpaired) electrons. The van der Waals surface area contributed by atoms with Crippen molar-refractivity contribution in [3.63, 3.8) is 0 Å². The van der Waals surface area contributed by atoms with E-state index in [9.17, 15) is 4.79 Å². The van der Waals surface area contributed by atoms with Crippen molar-refractivity contribution in [2.75, 3.05) is 0 Å². The highest BCUT2D eigenvalue weighted by atomic mass is 16.4. The number of rotatable bonds is 3. The molecular weight excluding hydrogens is 226 g/mol. The fourth-order valence-electron chi connectivity index (χ4n) is 2.37. The van der Waals surface area contributed by atoms with Crippen LogP contribution in [0, 0.1) is 13.8 Å². The summed E-state index contributed by atoms with van der Waals surface area (Å²) in [7, 11) is 0. The van der Waals surface area contributed by atoms with Gasteiger partial charge in [0.25, 0.3) is 0 Å². The third kappa shape index (κ3) is 2.16. The molecule has 1 aromatic heterocycles. The molecule has 94 valence electrons. The highest BCUT2D eigenvalue weighted by Gasteiger charge is 2.13. The van der Waals surface area contributed by atoms with Gasteiger partial charge in [0, 0.05) is 11.4 Å². The van der Waals surface area contributed by atoms with Gasteiger partial charge in [-0.05, 0) is 50.6 Å². The number of aromatic nitrogens is 1. The number of nitrogens with zero attached hydrogens (tertiary/aromatic N) is 1. The molecule has 2 rings (SSSR count). The van der Waals surface area contributed by atoms with E-state index >= 15 is 0 Å². The average Bonchev–Trinajstić information content (AvgIpc) is 2.68. The van der Waals surface area contributed by atoms with Crippen LogP contribution in [-0.4, -0.2) is 15.6 Å². The summed E-state index contributed by atoms with van der Waals surface area (Å²) in [6.45, 7) is 6.20. The van der Waals surface area contributed by atoms with Gasteiger partial charge in [0.1, 0.15) is 0 Å². The maximum absolute atomic E-state index is 11.0. The molecule has 0 aliphatic heterocycles. The molecule has 1 N–H and O–H groups in total. The number of benzene rings is 1. The maximum Gasteiger partial charge on any atom is 0.335 e. The lowest BCUT2D eigenvalue weighted by Crippen LogP contribution is -2.10. The third-order valence-corrected chi connectivity index (χ3v) is 3.33. The third-order valence-electron chi connectivity index (χ3n) is 3.33. The van der Waals surface area contributed by atoms with Crippen molar-refractivity contribution in [1.82, 2.24) is 4.57 Å². The van der Waals surface area contributed by atoms with Gasteiger partial charge in [0.15, 0.2) is 0 Å². The Morgan fingerprint density at radius 3 is 2.33 bits per heavy atom. The van der Waals surface area contributed by atoms with Crippen LogP contribution in [0.5, 0.6) is 0 Å². The Bertz CT molecular complexity index is 564. The molecule has 0 bridgehead atoms. The zero-order valence-corrected chi connectivity index (χ0v) is 10.8. The predicted molar refractivity (Wildman–Crippen MR) is 71.1 cm³/mol. The number of aryl methyl sites for hydroxylation is 2. The first-order chi connectivity index (χ1) is 8.50. The Morgan fingerprint density at radius 2 is 1.78 bits per heavy atom. The van der Waals surface area contributed by atoms with Crippen molar-refractivity contribution in [2.24, 2.45) is 0 Å². The first kappa shape index (κ1) is 12.4. The first-order valence-corrected chi connectivity index (χ1v) is 5.98. The van der Waals surface area contributed by atoms with Crippen LogP contribution in [0.25, 0.3) is 0 Å². The second-order valence-electron chi connectivity index (χ2n) is 4.59. The predicted octanol–water partition coefficient (Wildman–Crippen LogP) is 3.41. The van der Waals surface area contributed by atoms with E-state index in [2.05, 4.69) is 37.5 Å². The number of carboxylic acid groups (broad SMARTS) is 1. The van der Waals surface area contributed by atoms with Crippen molar-refractivity contribution in [3.05, 3.63) is 58.9 Å². The second kappa shape index (κ2) is 4.69. The van der Waals surface area contributed by atoms with Gasteiger partial charge in [-0.3, -0.25) is 0 Å². The van der Waals surface area contributed by atoms with Crippen LogP contribution in [0.15, 0.2) is 36.4 Å². The summed E-state index contributed by atoms with van der Waals surface area (Å²) in [5, 5.41) is 9.02. The van der Waals surface area contributed by atoms with E-state index in [1.54, 1.807) is 18.2 Å². The molecule has 18 heavy (non-hydrogen) atoms. The summed E-state index contributed by atoms with van der Waals surface area (Å²) < 4.78 is 2.21. The Balaban J connectivity index is 2.43. The molecular formula is C15H17NO2. The zero-order valence-electron chi connectivity index (χ0n) is 10.8. The van der Waals surface area contributed by atoms with E-state index in [4.69, 9.17) is 5.11 Å². The molecule has 2 aromatic rings. The Morgan fingerprint density at radius 1 is 1.17 bits per heavy atom. The molecule has 3 heteroatoms. The smallest absolute Gasteiger partial charge is 0.335 e. The normalized spacial score (nSPS) is 12.4. The van der Waals surface area contributed by atoms with Gasteiger partial charge in [-0.25, -0.2) is 4.79 Å². The van der Waals surface area contributed by atoms with Gasteiger partial charge in [0.2, 0.25) is 0 Å². The SMILES string of the molecule is Cc1ccc(C)n1[C@H](C)c1cccc(C(=O)O)c1. The largest absolute Gasteiger partial charge is 0.478 e. The van der Waals surface area contributed by atoms with Gasteiger partial charge >= 0.3 is 5.97 Å². The monoisotopic (exact) mass is 243 g/mol. The van der Waals surface area contributed by atoms with Gasteiger partial charge in [0.05, 0.1) is 11.6 Å². The highest BCUT2D eigenvalue weighted by Crippen LogP contribution is 2.23. The average molecular weight is 243 g/mol. The zero-order chi connectivity index (χ0) is 13.3. The molecule has 1 heterocycles. The quantitative estimate of drug-likeness (QED) is 0.897. The minimum atomic E-state index is -0.884. The van der Waals surface area contributed by atoms with Crippen LogP contribution in [0.3, 0.4) is 0 Å². The summed E-state index contributed by atoms with van der Waals surface area (Å²) in [6, 6.07) is 11.4. The van der Waals surface area contributed by atoms with E-state index in [1.165, 1.54) is 11.4 Å². The van der Waals surface area contributed by atoms with Crippen molar-refractivity contribution in [2.45, 2.75) is 26.8 Å². The maximum atomic E-state index is 11.0. The summed E-state index contributed by atoms with van der Waals surface area (Å²) in [5.41, 5.74) is 3.71. The van der Waals surface area contributed by atoms with E-state index in [0.717, 1.165) is 5.56 Å². The van der Waals surface area contributed by atoms with Crippen LogP contribution in [-0.2, 0) is 0 Å². The van der Waals surface area contributed by atoms with E-state index in [-0.39, 0.29) is 6.04 Å². The number of carboxylic acids is 1. The molecule has 0 spiro atoms. The molecule has 3 nitrogen and oxygen atoms in total. The minimum Gasteiger partial charge on any atom is -0.478 e. The molecule has 0 fully saturated rings. The fraction of sp³-hybridized carbons (Fsp3) is 0.267. The minimum absolute atomic E-state index is 0.138. The van der Waals surface area contributed by atoms with Crippen molar-refractivity contribution in [3.8, 4) is 0 Å². The molecule has 0 saturated carbocycles. The van der Waals surface area contributed by atoms with E-state index < -0.39 is 5.97 Å². The number of hydrogen-bond acceptors (Lipinski definition) is 1. The lowest BCUT2D eigenvalue weighted by atomic mass is 10.0. The van der Waals surface area contributed by atoms with Crippen molar-refractivity contribution in [1.29, 1.82) is 0 Å². The molecule has 0 aliphatic rings. The first-order valence-electron chi connectivity index (χ1n) is 5.98. The summed E-state index contributed by atoms with van der Waals surface area (Å²) >= 11 is 0. The van der Waals surface area contributed by atoms with Crippen LogP contribution >= 0.6 is 0 Å². The van der Waals surface area contributed by atoms with Crippen LogP contribution < -0.4 is 0 Å². The summed E-state index contributed by atoms with van der Waals surface area (Å²) in [5.74, 6) is -0.884. The summed E-state index contributed by atoms with van der Waals surface area (Å²) in [4.78, 5) is 11.0. The molecule has 1 atom stereocenters. The molecule has 0 saturated heterocycles. The van der Waals surface area contributed by atoms with Crippen molar-refractivity contribution >= 4 is 5.97 Å². The number of hydrogen-bond donors (Lipinski definition) is 1. The molecule has 0 aliphatic carbocycles. The van der Waals surface area contributed by atoms with E-state index in [0.29, 0.717) is 5.56 Å². The molecule has 1 aromatic carbocycles. The highest BCUT2D eigenvalue weighted by molar-refractivity contribution is 5.87. The Labute approximate surface area is 107 Å². The second-order valence-corrected chi connectivity index (χ2v) is 4.59. The van der Waals surface area contributed by atoms with Gasteiger partial charge in [-0.15, -0.1) is 0 Å². The van der Waals surface area contributed by atoms with Crippen LogP contribution in [0.4, 0.5) is 0 Å².